The Hall–Kier alpha value is -0.830. The second-order valence-electron chi connectivity index (χ2n) is 5.27. The van der Waals surface area contributed by atoms with Gasteiger partial charge in [-0.1, -0.05) is 19.0 Å². The van der Waals surface area contributed by atoms with Crippen LogP contribution in [-0.4, -0.2) is 59.7 Å². The van der Waals surface area contributed by atoms with Crippen LogP contribution in [0.5, 0.6) is 0 Å². The van der Waals surface area contributed by atoms with Gasteiger partial charge in [-0.3, -0.25) is 4.90 Å². The van der Waals surface area contributed by atoms with Crippen molar-refractivity contribution in [1.82, 2.24) is 20.3 Å². The molecule has 1 aliphatic rings. The minimum atomic E-state index is 0. The molecular weight excluding hydrogens is 393 g/mol. The molecule has 0 bridgehead atoms. The Labute approximate surface area is 150 Å². The average molecular weight is 421 g/mol. The van der Waals surface area contributed by atoms with E-state index in [0.29, 0.717) is 12.6 Å². The lowest BCUT2D eigenvalue weighted by Gasteiger charge is -2.27. The van der Waals surface area contributed by atoms with Crippen LogP contribution in [0.15, 0.2) is 21.8 Å². The van der Waals surface area contributed by atoms with E-state index in [9.17, 15) is 0 Å². The fraction of sp³-hybridized carbons (Fsp3) is 0.733. The molecule has 1 saturated heterocycles. The summed E-state index contributed by atoms with van der Waals surface area (Å²) >= 11 is 0. The zero-order valence-corrected chi connectivity index (χ0v) is 16.1. The highest BCUT2D eigenvalue weighted by Gasteiger charge is 2.27. The number of aliphatic imine (C=N–C) groups is 1. The molecule has 0 aliphatic carbocycles. The number of rotatable bonds is 6. The molecule has 0 aromatic carbocycles. The van der Waals surface area contributed by atoms with E-state index in [4.69, 9.17) is 4.52 Å². The monoisotopic (exact) mass is 421 g/mol. The molecule has 1 fully saturated rings. The first-order valence-electron chi connectivity index (χ1n) is 7.95. The number of hydrogen-bond acceptors (Lipinski definition) is 4. The Balaban J connectivity index is 0.00000242. The van der Waals surface area contributed by atoms with Gasteiger partial charge in [0.05, 0.1) is 6.54 Å². The molecule has 1 unspecified atom stereocenters. The molecule has 0 radical (unpaired) electrons. The van der Waals surface area contributed by atoms with E-state index < -0.39 is 0 Å². The Morgan fingerprint density at radius 1 is 1.45 bits per heavy atom. The fourth-order valence-electron chi connectivity index (χ4n) is 2.87. The van der Waals surface area contributed by atoms with E-state index in [1.54, 1.807) is 6.26 Å². The minimum absolute atomic E-state index is 0. The highest BCUT2D eigenvalue weighted by atomic mass is 127. The molecular formula is C15H28IN5O. The van der Waals surface area contributed by atoms with Gasteiger partial charge in [-0.25, -0.2) is 4.99 Å². The van der Waals surface area contributed by atoms with Crippen LogP contribution in [0.1, 0.15) is 32.9 Å². The van der Waals surface area contributed by atoms with Gasteiger partial charge in [0.1, 0.15) is 12.0 Å². The molecule has 22 heavy (non-hydrogen) atoms. The van der Waals surface area contributed by atoms with Crippen LogP contribution in [0.3, 0.4) is 0 Å². The molecule has 7 heteroatoms. The van der Waals surface area contributed by atoms with Crippen LogP contribution >= 0.6 is 24.0 Å². The molecule has 0 saturated carbocycles. The van der Waals surface area contributed by atoms with Gasteiger partial charge in [-0.15, -0.1) is 24.0 Å². The summed E-state index contributed by atoms with van der Waals surface area (Å²) in [5, 5.41) is 7.29. The van der Waals surface area contributed by atoms with Crippen molar-refractivity contribution in [3.05, 3.63) is 18.0 Å². The summed E-state index contributed by atoms with van der Waals surface area (Å²) in [6.45, 7) is 12.3. The van der Waals surface area contributed by atoms with Gasteiger partial charge in [-0.05, 0) is 26.4 Å². The zero-order valence-electron chi connectivity index (χ0n) is 13.8. The molecule has 0 amide bonds. The number of likely N-dealkylation sites (N-methyl/N-ethyl adjacent to an activating group) is 1. The Morgan fingerprint density at radius 3 is 2.82 bits per heavy atom. The summed E-state index contributed by atoms with van der Waals surface area (Å²) in [4.78, 5) is 9.56. The average Bonchev–Trinajstić information content (AvgIpc) is 3.16. The molecule has 0 spiro atoms. The lowest BCUT2D eigenvalue weighted by Crippen LogP contribution is -2.43. The van der Waals surface area contributed by atoms with Crippen molar-refractivity contribution in [3.8, 4) is 0 Å². The second-order valence-corrected chi connectivity index (χ2v) is 5.27. The summed E-state index contributed by atoms with van der Waals surface area (Å²) in [5.74, 6) is 0.982. The SMILES string of the molecule is CCNC(=NCc1ccon1)N1CCC(N(CC)CC)C1.I. The summed E-state index contributed by atoms with van der Waals surface area (Å²) < 4.78 is 4.85. The lowest BCUT2D eigenvalue weighted by atomic mass is 10.2. The Kier molecular flexibility index (Phi) is 8.77. The van der Waals surface area contributed by atoms with E-state index in [0.717, 1.165) is 44.4 Å². The fourth-order valence-corrected chi connectivity index (χ4v) is 2.87. The molecule has 1 N–H and O–H groups in total. The first kappa shape index (κ1) is 19.2. The van der Waals surface area contributed by atoms with E-state index >= 15 is 0 Å². The maximum atomic E-state index is 4.85. The molecule has 126 valence electrons. The normalized spacial score (nSPS) is 18.6. The van der Waals surface area contributed by atoms with E-state index in [1.165, 1.54) is 6.42 Å². The molecule has 1 aromatic heterocycles. The largest absolute Gasteiger partial charge is 0.364 e. The maximum absolute atomic E-state index is 4.85. The van der Waals surface area contributed by atoms with Crippen LogP contribution in [0.2, 0.25) is 0 Å². The molecule has 1 aromatic rings. The molecule has 6 nitrogen and oxygen atoms in total. The minimum Gasteiger partial charge on any atom is -0.364 e. The first-order chi connectivity index (χ1) is 10.3. The second kappa shape index (κ2) is 10.0. The van der Waals surface area contributed by atoms with Crippen molar-refractivity contribution in [1.29, 1.82) is 0 Å². The topological polar surface area (TPSA) is 56.9 Å². The number of likely N-dealkylation sites (tertiary alicyclic amines) is 1. The molecule has 2 rings (SSSR count). The number of nitrogens with zero attached hydrogens (tertiary/aromatic N) is 4. The number of guanidine groups is 1. The van der Waals surface area contributed by atoms with Crippen molar-refractivity contribution in [2.75, 3.05) is 32.7 Å². The Bertz CT molecular complexity index is 433. The smallest absolute Gasteiger partial charge is 0.194 e. The van der Waals surface area contributed by atoms with Crippen LogP contribution in [-0.2, 0) is 6.54 Å². The quantitative estimate of drug-likeness (QED) is 0.434. The third kappa shape index (κ3) is 5.12. The summed E-state index contributed by atoms with van der Waals surface area (Å²) in [5.41, 5.74) is 0.866. The van der Waals surface area contributed by atoms with E-state index in [2.05, 4.69) is 46.0 Å². The Morgan fingerprint density at radius 2 is 2.23 bits per heavy atom. The molecule has 2 heterocycles. The summed E-state index contributed by atoms with van der Waals surface area (Å²) in [6, 6.07) is 2.49. The van der Waals surface area contributed by atoms with Gasteiger partial charge >= 0.3 is 0 Å². The van der Waals surface area contributed by atoms with Crippen molar-refractivity contribution in [2.24, 2.45) is 4.99 Å². The molecule has 1 aliphatic heterocycles. The van der Waals surface area contributed by atoms with Gasteiger partial charge in [0.25, 0.3) is 0 Å². The van der Waals surface area contributed by atoms with Crippen molar-refractivity contribution >= 4 is 29.9 Å². The number of aromatic nitrogens is 1. The van der Waals surface area contributed by atoms with Crippen LogP contribution < -0.4 is 5.32 Å². The highest BCUT2D eigenvalue weighted by Crippen LogP contribution is 2.15. The first-order valence-corrected chi connectivity index (χ1v) is 7.95. The summed E-state index contributed by atoms with van der Waals surface area (Å²) in [6.07, 6.45) is 2.79. The lowest BCUT2D eigenvalue weighted by molar-refractivity contribution is 0.223. The van der Waals surface area contributed by atoms with Crippen LogP contribution in [0.25, 0.3) is 0 Å². The maximum Gasteiger partial charge on any atom is 0.194 e. The third-order valence-corrected chi connectivity index (χ3v) is 4.01. The summed E-state index contributed by atoms with van der Waals surface area (Å²) in [7, 11) is 0. The van der Waals surface area contributed by atoms with Crippen LogP contribution in [0, 0.1) is 0 Å². The highest BCUT2D eigenvalue weighted by molar-refractivity contribution is 14.0. The predicted octanol–water partition coefficient (Wildman–Crippen LogP) is 2.17. The predicted molar refractivity (Wildman–Crippen MR) is 99.6 cm³/mol. The number of halogens is 1. The van der Waals surface area contributed by atoms with E-state index in [-0.39, 0.29) is 24.0 Å². The third-order valence-electron chi connectivity index (χ3n) is 4.01. The van der Waals surface area contributed by atoms with Gasteiger partial charge in [0.15, 0.2) is 5.96 Å². The number of nitrogens with one attached hydrogen (secondary N) is 1. The van der Waals surface area contributed by atoms with Gasteiger partial charge in [0.2, 0.25) is 0 Å². The van der Waals surface area contributed by atoms with Gasteiger partial charge in [-0.2, -0.15) is 0 Å². The van der Waals surface area contributed by atoms with Crippen molar-refractivity contribution in [3.63, 3.8) is 0 Å². The standard InChI is InChI=1S/C15H27N5O.HI/c1-4-16-15(17-11-13-8-10-21-18-13)20-9-7-14(12-20)19(5-2)6-3;/h8,10,14H,4-7,9,11-12H2,1-3H3,(H,16,17);1H. The van der Waals surface area contributed by atoms with Gasteiger partial charge in [0, 0.05) is 31.7 Å². The van der Waals surface area contributed by atoms with Crippen molar-refractivity contribution in [2.45, 2.75) is 39.8 Å². The van der Waals surface area contributed by atoms with Gasteiger partial charge < -0.3 is 14.7 Å². The number of hydrogen-bond donors (Lipinski definition) is 1. The van der Waals surface area contributed by atoms with E-state index in [1.807, 2.05) is 6.07 Å². The van der Waals surface area contributed by atoms with Crippen LogP contribution in [0.4, 0.5) is 0 Å². The van der Waals surface area contributed by atoms with Crippen molar-refractivity contribution < 1.29 is 4.52 Å². The molecule has 1 atom stereocenters. The zero-order chi connectivity index (χ0) is 15.1.